The third kappa shape index (κ3) is 2.72. The number of rotatable bonds is 3. The Labute approximate surface area is 136 Å². The number of nitrogens with zero attached hydrogens (tertiary/aromatic N) is 5. The van der Waals surface area contributed by atoms with Crippen molar-refractivity contribution in [2.75, 3.05) is 0 Å². The number of aryl methyl sites for hydroxylation is 1. The third-order valence-electron chi connectivity index (χ3n) is 4.22. The number of hydrogen-bond acceptors (Lipinski definition) is 5. The van der Waals surface area contributed by atoms with Crippen LogP contribution in [0, 0.1) is 5.82 Å². The second kappa shape index (κ2) is 5.99. The summed E-state index contributed by atoms with van der Waals surface area (Å²) in [6.45, 7) is 0.981. The van der Waals surface area contributed by atoms with Crippen molar-refractivity contribution in [3.63, 3.8) is 0 Å². The molecule has 0 radical (unpaired) electrons. The highest BCUT2D eigenvalue weighted by Crippen LogP contribution is 2.24. The number of H-pyrrole nitrogens is 1. The minimum atomic E-state index is -0.357. The topological polar surface area (TPSA) is 101 Å². The summed E-state index contributed by atoms with van der Waals surface area (Å²) < 4.78 is 14.9. The van der Waals surface area contributed by atoms with Crippen LogP contribution < -0.4 is 5.32 Å². The molecule has 0 spiro atoms. The van der Waals surface area contributed by atoms with Gasteiger partial charge in [0, 0.05) is 6.54 Å². The third-order valence-corrected chi connectivity index (χ3v) is 4.22. The van der Waals surface area contributed by atoms with Gasteiger partial charge in [0.15, 0.2) is 5.82 Å². The Morgan fingerprint density at radius 2 is 2.33 bits per heavy atom. The summed E-state index contributed by atoms with van der Waals surface area (Å²) in [7, 11) is 0. The first-order chi connectivity index (χ1) is 11.7. The number of nitrogens with one attached hydrogen (secondary N) is 2. The molecule has 1 aliphatic heterocycles. The molecule has 1 atom stereocenters. The van der Waals surface area contributed by atoms with E-state index < -0.39 is 0 Å². The van der Waals surface area contributed by atoms with E-state index in [0.29, 0.717) is 22.7 Å². The summed E-state index contributed by atoms with van der Waals surface area (Å²) in [5.41, 5.74) is 1.27. The molecule has 1 aromatic carbocycles. The molecule has 2 aromatic heterocycles. The number of fused-ring (bicyclic) bond motifs is 2. The van der Waals surface area contributed by atoms with E-state index in [2.05, 4.69) is 30.8 Å². The Morgan fingerprint density at radius 1 is 1.42 bits per heavy atom. The predicted molar refractivity (Wildman–Crippen MR) is 82.3 cm³/mol. The van der Waals surface area contributed by atoms with Crippen LogP contribution in [-0.4, -0.2) is 36.1 Å². The van der Waals surface area contributed by atoms with Gasteiger partial charge in [-0.1, -0.05) is 6.42 Å². The molecule has 3 heterocycles. The number of carbonyl (C=O) groups excluding carboxylic acids is 1. The first-order valence-corrected chi connectivity index (χ1v) is 7.88. The van der Waals surface area contributed by atoms with Crippen molar-refractivity contribution in [1.82, 2.24) is 35.5 Å². The van der Waals surface area contributed by atoms with Gasteiger partial charge in [-0.2, -0.15) is 0 Å². The Hall–Kier alpha value is -2.84. The summed E-state index contributed by atoms with van der Waals surface area (Å²) in [6, 6.07) is 4.34. The lowest BCUT2D eigenvalue weighted by molar-refractivity contribution is -0.123. The van der Waals surface area contributed by atoms with Crippen molar-refractivity contribution >= 4 is 16.9 Å². The van der Waals surface area contributed by atoms with Gasteiger partial charge in [-0.25, -0.2) is 14.1 Å². The van der Waals surface area contributed by atoms with Crippen molar-refractivity contribution < 1.29 is 9.18 Å². The molecule has 0 bridgehead atoms. The lowest BCUT2D eigenvalue weighted by Crippen LogP contribution is -2.30. The summed E-state index contributed by atoms with van der Waals surface area (Å²) in [5, 5.41) is 14.5. The number of halogens is 1. The Bertz CT molecular complexity index is 887. The van der Waals surface area contributed by atoms with E-state index in [1.165, 1.54) is 12.1 Å². The van der Waals surface area contributed by atoms with Gasteiger partial charge in [-0.05, 0) is 41.5 Å². The number of benzene rings is 1. The molecule has 9 heteroatoms. The van der Waals surface area contributed by atoms with Gasteiger partial charge in [0.2, 0.25) is 5.91 Å². The number of amides is 1. The first kappa shape index (κ1) is 14.7. The van der Waals surface area contributed by atoms with E-state index in [-0.39, 0.29) is 24.2 Å². The van der Waals surface area contributed by atoms with Gasteiger partial charge in [-0.3, -0.25) is 4.79 Å². The van der Waals surface area contributed by atoms with Crippen LogP contribution in [0.2, 0.25) is 0 Å². The molecule has 2 N–H and O–H groups in total. The summed E-state index contributed by atoms with van der Waals surface area (Å²) in [4.78, 5) is 19.9. The van der Waals surface area contributed by atoms with Crippen LogP contribution in [0.4, 0.5) is 4.39 Å². The van der Waals surface area contributed by atoms with Crippen molar-refractivity contribution in [1.29, 1.82) is 0 Å². The molecule has 0 saturated heterocycles. The van der Waals surface area contributed by atoms with Crippen LogP contribution in [0.1, 0.15) is 36.8 Å². The lowest BCUT2D eigenvalue weighted by Gasteiger charge is -2.12. The minimum Gasteiger partial charge on any atom is -0.348 e. The highest BCUT2D eigenvalue weighted by atomic mass is 19.1. The fourth-order valence-electron chi connectivity index (χ4n) is 3.02. The molecule has 24 heavy (non-hydrogen) atoms. The van der Waals surface area contributed by atoms with Gasteiger partial charge in [0.1, 0.15) is 11.6 Å². The maximum Gasteiger partial charge on any atom is 0.231 e. The number of carbonyl (C=O) groups is 1. The second-order valence-corrected chi connectivity index (χ2v) is 5.87. The average molecular weight is 329 g/mol. The van der Waals surface area contributed by atoms with Crippen molar-refractivity contribution in [2.45, 2.75) is 38.3 Å². The summed E-state index contributed by atoms with van der Waals surface area (Å²) in [6.07, 6.45) is 2.61. The molecule has 3 aromatic rings. The van der Waals surface area contributed by atoms with E-state index in [9.17, 15) is 9.18 Å². The minimum absolute atomic E-state index is 0.125. The SMILES string of the molecule is O=C(NCc1nc2ccc(F)cc2[nH]1)[C@@H]1CCCCn2nnnc21. The van der Waals surface area contributed by atoms with Gasteiger partial charge in [0.05, 0.1) is 23.5 Å². The Balaban J connectivity index is 1.48. The molecule has 124 valence electrons. The molecular formula is C15H16FN7O. The molecule has 0 saturated carbocycles. The second-order valence-electron chi connectivity index (χ2n) is 5.87. The van der Waals surface area contributed by atoms with Crippen molar-refractivity contribution in [2.24, 2.45) is 0 Å². The zero-order valence-electron chi connectivity index (χ0n) is 12.9. The number of aromatic nitrogens is 6. The fourth-order valence-corrected chi connectivity index (χ4v) is 3.02. The summed E-state index contributed by atoms with van der Waals surface area (Å²) >= 11 is 0. The van der Waals surface area contributed by atoms with Crippen LogP contribution in [0.15, 0.2) is 18.2 Å². The van der Waals surface area contributed by atoms with Crippen LogP contribution in [0.3, 0.4) is 0 Å². The summed E-state index contributed by atoms with van der Waals surface area (Å²) in [5.74, 6) is 0.379. The molecule has 0 unspecified atom stereocenters. The fraction of sp³-hybridized carbons (Fsp3) is 0.400. The highest BCUT2D eigenvalue weighted by molar-refractivity contribution is 5.82. The number of hydrogen-bond donors (Lipinski definition) is 2. The maximum atomic E-state index is 13.2. The van der Waals surface area contributed by atoms with E-state index in [1.807, 2.05) is 0 Å². The van der Waals surface area contributed by atoms with E-state index in [0.717, 1.165) is 25.8 Å². The van der Waals surface area contributed by atoms with Crippen LogP contribution in [0.25, 0.3) is 11.0 Å². The molecule has 8 nitrogen and oxygen atoms in total. The molecule has 1 amide bonds. The smallest absolute Gasteiger partial charge is 0.231 e. The molecule has 0 fully saturated rings. The zero-order valence-corrected chi connectivity index (χ0v) is 12.9. The van der Waals surface area contributed by atoms with Crippen molar-refractivity contribution in [3.8, 4) is 0 Å². The number of tetrazole rings is 1. The van der Waals surface area contributed by atoms with Crippen molar-refractivity contribution in [3.05, 3.63) is 35.7 Å². The Morgan fingerprint density at radius 3 is 3.25 bits per heavy atom. The molecule has 4 rings (SSSR count). The monoisotopic (exact) mass is 329 g/mol. The largest absolute Gasteiger partial charge is 0.348 e. The van der Waals surface area contributed by atoms with Crippen LogP contribution in [-0.2, 0) is 17.9 Å². The van der Waals surface area contributed by atoms with Gasteiger partial charge < -0.3 is 10.3 Å². The van der Waals surface area contributed by atoms with E-state index in [4.69, 9.17) is 0 Å². The van der Waals surface area contributed by atoms with Gasteiger partial charge in [-0.15, -0.1) is 5.10 Å². The zero-order chi connectivity index (χ0) is 16.5. The van der Waals surface area contributed by atoms with Crippen LogP contribution in [0.5, 0.6) is 0 Å². The standard InChI is InChI=1S/C15H16FN7O/c16-9-4-5-11-12(7-9)19-13(18-11)8-17-15(24)10-3-1-2-6-23-14(10)20-21-22-23/h4-5,7,10H,1-3,6,8H2,(H,17,24)(H,18,19)/t10-/m1/s1. The normalized spacial score (nSPS) is 17.5. The average Bonchev–Trinajstić information content (AvgIpc) is 3.14. The number of imidazole rings is 1. The van der Waals surface area contributed by atoms with E-state index >= 15 is 0 Å². The first-order valence-electron chi connectivity index (χ1n) is 7.88. The Kier molecular flexibility index (Phi) is 3.68. The number of aromatic amines is 1. The maximum absolute atomic E-state index is 13.2. The predicted octanol–water partition coefficient (Wildman–Crippen LogP) is 1.27. The molecular weight excluding hydrogens is 313 g/mol. The molecule has 1 aliphatic rings. The highest BCUT2D eigenvalue weighted by Gasteiger charge is 2.28. The lowest BCUT2D eigenvalue weighted by atomic mass is 10.0. The molecule has 0 aliphatic carbocycles. The van der Waals surface area contributed by atoms with Gasteiger partial charge >= 0.3 is 0 Å². The van der Waals surface area contributed by atoms with E-state index in [1.54, 1.807) is 10.7 Å². The van der Waals surface area contributed by atoms with Crippen LogP contribution >= 0.6 is 0 Å². The quantitative estimate of drug-likeness (QED) is 0.753. The van der Waals surface area contributed by atoms with Gasteiger partial charge in [0.25, 0.3) is 0 Å².